The van der Waals surface area contributed by atoms with Gasteiger partial charge in [0, 0.05) is 0 Å². The van der Waals surface area contributed by atoms with E-state index in [4.69, 9.17) is 18.7 Å². The van der Waals surface area contributed by atoms with Gasteiger partial charge in [-0.2, -0.15) is 0 Å². The highest BCUT2D eigenvalue weighted by Crippen LogP contribution is 2.59. The maximum absolute atomic E-state index is 13.0. The van der Waals surface area contributed by atoms with Gasteiger partial charge in [0.2, 0.25) is 0 Å². The Morgan fingerprint density at radius 2 is 1.32 bits per heavy atom. The van der Waals surface area contributed by atoms with E-state index in [0.29, 0.717) is 0 Å². The van der Waals surface area contributed by atoms with Crippen molar-refractivity contribution >= 4 is 29.4 Å². The summed E-state index contributed by atoms with van der Waals surface area (Å²) in [7, 11) is -2.85. The molecule has 1 saturated heterocycles. The van der Waals surface area contributed by atoms with Gasteiger partial charge in [-0.25, -0.2) is 4.79 Å². The predicted octanol–water partition coefficient (Wildman–Crippen LogP) is 3.76. The number of ether oxygens (including phenoxy) is 3. The summed E-state index contributed by atoms with van der Waals surface area (Å²) >= 11 is 0. The molecule has 0 aromatic heterocycles. The number of carbonyl (C=O) groups excluding carboxylic acids is 1. The molecule has 0 aliphatic carbocycles. The minimum Gasteiger partial charge on any atom is -0.505 e. The van der Waals surface area contributed by atoms with Gasteiger partial charge >= 0.3 is 11.7 Å². The molecule has 2 heterocycles. The molecule has 1 fully saturated rings. The van der Waals surface area contributed by atoms with Crippen LogP contribution in [0.15, 0.2) is 103 Å². The molecule has 6 nitrogen and oxygen atoms in total. The Bertz CT molecular complexity index is 1100. The molecule has 34 heavy (non-hydrogen) atoms. The number of carbonyl (C=O) groups is 1. The smallest absolute Gasteiger partial charge is 0.383 e. The maximum atomic E-state index is 13.0. The molecule has 0 radical (unpaired) electrons. The first-order valence-electron chi connectivity index (χ1n) is 11.1. The van der Waals surface area contributed by atoms with Crippen molar-refractivity contribution in [1.29, 1.82) is 0 Å². The van der Waals surface area contributed by atoms with Crippen LogP contribution >= 0.6 is 7.49 Å². The van der Waals surface area contributed by atoms with E-state index in [-0.39, 0.29) is 18.1 Å². The van der Waals surface area contributed by atoms with E-state index in [1.54, 1.807) is 13.8 Å². The molecule has 5 rings (SSSR count). The lowest BCUT2D eigenvalue weighted by Crippen LogP contribution is -2.33. The number of hydrogen-bond donors (Lipinski definition) is 1. The molecular weight excluding hydrogens is 451 g/mol. The number of rotatable bonds is 6. The van der Waals surface area contributed by atoms with Gasteiger partial charge in [0.25, 0.3) is 7.49 Å². The summed E-state index contributed by atoms with van der Waals surface area (Å²) in [5, 5.41) is 13.9. The number of hydrogen-bond acceptors (Lipinski definition) is 6. The highest BCUT2D eigenvalue weighted by molar-refractivity contribution is 7.91. The largest absolute Gasteiger partial charge is 0.505 e. The van der Waals surface area contributed by atoms with Gasteiger partial charge in [-0.15, -0.1) is 0 Å². The van der Waals surface area contributed by atoms with Gasteiger partial charge in [-0.1, -0.05) is 54.6 Å². The fourth-order valence-electron chi connectivity index (χ4n) is 4.32. The van der Waals surface area contributed by atoms with Crippen molar-refractivity contribution in [3.63, 3.8) is 0 Å². The molecule has 0 spiro atoms. The normalized spacial score (nSPS) is 22.0. The van der Waals surface area contributed by atoms with Crippen molar-refractivity contribution in [3.8, 4) is 0 Å². The van der Waals surface area contributed by atoms with Crippen LogP contribution in [0.3, 0.4) is 0 Å². The zero-order chi connectivity index (χ0) is 23.8. The molecular formula is C27H26O6P+. The fraction of sp³-hybridized carbons (Fsp3) is 0.222. The van der Waals surface area contributed by atoms with Gasteiger partial charge in [0.05, 0.1) is 6.61 Å². The average molecular weight is 477 g/mol. The van der Waals surface area contributed by atoms with Crippen molar-refractivity contribution in [1.82, 2.24) is 0 Å². The number of esters is 1. The van der Waals surface area contributed by atoms with Crippen molar-refractivity contribution in [2.45, 2.75) is 31.8 Å². The van der Waals surface area contributed by atoms with Crippen molar-refractivity contribution in [2.75, 3.05) is 6.61 Å². The lowest BCUT2D eigenvalue weighted by Gasteiger charge is -2.25. The van der Waals surface area contributed by atoms with Crippen LogP contribution in [-0.4, -0.2) is 35.7 Å². The first-order valence-corrected chi connectivity index (χ1v) is 12.8. The maximum Gasteiger partial charge on any atom is 0.383 e. The molecule has 0 unspecified atom stereocenters. The minimum atomic E-state index is -2.85. The van der Waals surface area contributed by atoms with E-state index < -0.39 is 31.5 Å². The number of cyclic esters (lactones) is 1. The molecule has 0 saturated carbocycles. The van der Waals surface area contributed by atoms with Crippen LogP contribution in [0, 0.1) is 0 Å². The minimum absolute atomic E-state index is 0.191. The van der Waals surface area contributed by atoms with Crippen LogP contribution in [0.25, 0.3) is 0 Å². The lowest BCUT2D eigenvalue weighted by atomic mass is 10.2. The molecule has 7 heteroatoms. The highest BCUT2D eigenvalue weighted by atomic mass is 31.2. The second-order valence-electron chi connectivity index (χ2n) is 8.61. The number of aliphatic hydroxyl groups is 1. The fourth-order valence-corrected chi connectivity index (χ4v) is 7.74. The van der Waals surface area contributed by atoms with Crippen molar-refractivity contribution in [3.05, 3.63) is 103 Å². The molecule has 0 amide bonds. The van der Waals surface area contributed by atoms with Gasteiger partial charge in [0.1, 0.15) is 22.0 Å². The van der Waals surface area contributed by atoms with Crippen LogP contribution in [0.1, 0.15) is 13.8 Å². The summed E-state index contributed by atoms with van der Waals surface area (Å²) in [6.07, 6.45) is -1.62. The SMILES string of the molecule is CC1(C)OC[C@@H]([C@H]2OC(=O)C(O[P+](c3ccccc3)(c3ccccc3)c3ccccc3)=C2O)O1. The Balaban J connectivity index is 1.65. The highest BCUT2D eigenvalue weighted by Gasteiger charge is 2.55. The monoisotopic (exact) mass is 477 g/mol. The Kier molecular flexibility index (Phi) is 5.90. The summed E-state index contributed by atoms with van der Waals surface area (Å²) in [6, 6.07) is 29.4. The molecule has 2 atom stereocenters. The Hall–Kier alpha value is -3.18. The molecule has 174 valence electrons. The standard InChI is InChI=1S/C27H25O6P/c1-27(2)30-18-22(32-27)24-23(28)25(26(29)31-24)33-34(19-12-6-3-7-13-19,20-14-8-4-9-15-20)21-16-10-5-11-17-21/h3-17,22,24H,18H2,1-2H3/p+1/t22-,24+/m0/s1. The van der Waals surface area contributed by atoms with Gasteiger partial charge in [0.15, 0.2) is 17.7 Å². The third kappa shape index (κ3) is 3.98. The quantitative estimate of drug-likeness (QED) is 0.431. The molecule has 2 aliphatic heterocycles. The second-order valence-corrected chi connectivity index (χ2v) is 11.6. The van der Waals surface area contributed by atoms with Crippen molar-refractivity contribution in [2.24, 2.45) is 0 Å². The van der Waals surface area contributed by atoms with E-state index in [2.05, 4.69) is 0 Å². The summed E-state index contributed by atoms with van der Waals surface area (Å²) in [5.74, 6) is -2.01. The Morgan fingerprint density at radius 3 is 1.74 bits per heavy atom. The number of benzene rings is 3. The first-order chi connectivity index (χ1) is 16.4. The van der Waals surface area contributed by atoms with E-state index in [0.717, 1.165) is 15.9 Å². The predicted molar refractivity (Wildman–Crippen MR) is 131 cm³/mol. The van der Waals surface area contributed by atoms with Crippen LogP contribution in [0.4, 0.5) is 0 Å². The van der Waals surface area contributed by atoms with E-state index in [1.807, 2.05) is 91.0 Å². The molecule has 3 aromatic rings. The lowest BCUT2D eigenvalue weighted by molar-refractivity contribution is -0.162. The van der Waals surface area contributed by atoms with Gasteiger partial charge in [-0.3, -0.25) is 0 Å². The topological polar surface area (TPSA) is 74.2 Å². The van der Waals surface area contributed by atoms with E-state index in [1.165, 1.54) is 0 Å². The average Bonchev–Trinajstić information content (AvgIpc) is 3.36. The molecule has 1 N–H and O–H groups in total. The van der Waals surface area contributed by atoms with Crippen LogP contribution < -0.4 is 15.9 Å². The third-order valence-corrected chi connectivity index (χ3v) is 9.41. The first kappa shape index (κ1) is 22.6. The summed E-state index contributed by atoms with van der Waals surface area (Å²) in [5.41, 5.74) is 0. The summed E-state index contributed by atoms with van der Waals surface area (Å²) in [6.45, 7) is 3.75. The Morgan fingerprint density at radius 1 is 0.853 bits per heavy atom. The second kappa shape index (κ2) is 8.88. The summed E-state index contributed by atoms with van der Waals surface area (Å²) in [4.78, 5) is 13.0. The van der Waals surface area contributed by atoms with Crippen LogP contribution in [0.5, 0.6) is 0 Å². The van der Waals surface area contributed by atoms with Gasteiger partial charge < -0.3 is 23.8 Å². The molecule has 2 aliphatic rings. The van der Waals surface area contributed by atoms with Crippen molar-refractivity contribution < 1.29 is 28.6 Å². The summed E-state index contributed by atoms with van der Waals surface area (Å²) < 4.78 is 23.7. The zero-order valence-corrected chi connectivity index (χ0v) is 19.9. The van der Waals surface area contributed by atoms with Crippen LogP contribution in [0.2, 0.25) is 0 Å². The zero-order valence-electron chi connectivity index (χ0n) is 19.0. The Labute approximate surface area is 199 Å². The van der Waals surface area contributed by atoms with Gasteiger partial charge in [-0.05, 0) is 50.2 Å². The van der Waals surface area contributed by atoms with E-state index >= 15 is 0 Å². The van der Waals surface area contributed by atoms with E-state index in [9.17, 15) is 9.90 Å². The number of aliphatic hydroxyl groups excluding tert-OH is 1. The van der Waals surface area contributed by atoms with Crippen LogP contribution in [-0.2, 0) is 23.5 Å². The third-order valence-electron chi connectivity index (χ3n) is 5.88. The molecule has 0 bridgehead atoms. The molecule has 3 aromatic carbocycles.